The van der Waals surface area contributed by atoms with Crippen molar-refractivity contribution in [1.29, 1.82) is 0 Å². The van der Waals surface area contributed by atoms with Crippen molar-refractivity contribution in [2.75, 3.05) is 24.6 Å². The van der Waals surface area contributed by atoms with Gasteiger partial charge in [0.25, 0.3) is 0 Å². The van der Waals surface area contributed by atoms with Crippen molar-refractivity contribution in [2.24, 2.45) is 5.41 Å². The van der Waals surface area contributed by atoms with Gasteiger partial charge in [-0.25, -0.2) is 4.79 Å². The highest BCUT2D eigenvalue weighted by Gasteiger charge is 2.41. The minimum atomic E-state index is -0.494. The first kappa shape index (κ1) is 17.2. The molecule has 1 heterocycles. The number of aliphatic hydroxyl groups is 1. The van der Waals surface area contributed by atoms with Crippen LogP contribution < -0.4 is 10.2 Å². The number of hydrogen-bond donors (Lipinski definition) is 2. The second-order valence-electron chi connectivity index (χ2n) is 8.07. The fourth-order valence-corrected chi connectivity index (χ4v) is 3.21. The number of para-hydroxylation sites is 1. The van der Waals surface area contributed by atoms with Crippen molar-refractivity contribution >= 4 is 11.8 Å². The zero-order valence-corrected chi connectivity index (χ0v) is 14.9. The molecule has 0 aromatic heterocycles. The largest absolute Gasteiger partial charge is 0.443 e. The van der Waals surface area contributed by atoms with Crippen LogP contribution in [0.5, 0.6) is 0 Å². The van der Waals surface area contributed by atoms with Gasteiger partial charge in [-0.05, 0) is 51.2 Å². The fraction of sp³-hybridized carbons (Fsp3) is 0.632. The first-order valence-corrected chi connectivity index (χ1v) is 8.76. The zero-order valence-electron chi connectivity index (χ0n) is 14.9. The normalized spacial score (nSPS) is 18.4. The van der Waals surface area contributed by atoms with Crippen LogP contribution in [0.25, 0.3) is 0 Å². The highest BCUT2D eigenvalue weighted by Crippen LogP contribution is 2.44. The third-order valence-corrected chi connectivity index (χ3v) is 4.80. The monoisotopic (exact) mass is 332 g/mol. The number of hydrogen-bond acceptors (Lipinski definition) is 4. The molecule has 2 aliphatic rings. The zero-order chi connectivity index (χ0) is 17.4. The Bertz CT molecular complexity index is 618. The van der Waals surface area contributed by atoms with Crippen molar-refractivity contribution in [2.45, 2.75) is 52.2 Å². The van der Waals surface area contributed by atoms with Gasteiger partial charge >= 0.3 is 6.09 Å². The van der Waals surface area contributed by atoms with E-state index >= 15 is 0 Å². The molecule has 1 saturated carbocycles. The van der Waals surface area contributed by atoms with Crippen LogP contribution in [0.4, 0.5) is 10.5 Å². The van der Waals surface area contributed by atoms with Crippen LogP contribution in [-0.4, -0.2) is 36.5 Å². The summed E-state index contributed by atoms with van der Waals surface area (Å²) in [4.78, 5) is 14.3. The molecular weight excluding hydrogens is 304 g/mol. The number of amides is 1. The van der Waals surface area contributed by atoms with Crippen molar-refractivity contribution < 1.29 is 14.6 Å². The molecule has 0 radical (unpaired) electrons. The maximum atomic E-state index is 12.5. The summed E-state index contributed by atoms with van der Waals surface area (Å²) in [5, 5.41) is 12.9. The van der Waals surface area contributed by atoms with Gasteiger partial charge in [-0.1, -0.05) is 18.2 Å². The first-order chi connectivity index (χ1) is 11.3. The first-order valence-electron chi connectivity index (χ1n) is 8.76. The molecule has 132 valence electrons. The molecule has 5 heteroatoms. The van der Waals surface area contributed by atoms with Crippen molar-refractivity contribution in [3.05, 3.63) is 29.3 Å². The summed E-state index contributed by atoms with van der Waals surface area (Å²) in [5.74, 6) is 0. The second kappa shape index (κ2) is 6.37. The van der Waals surface area contributed by atoms with Gasteiger partial charge in [-0.15, -0.1) is 0 Å². The Morgan fingerprint density at radius 3 is 2.75 bits per heavy atom. The number of carbonyl (C=O) groups excluding carboxylic acids is 1. The fourth-order valence-electron chi connectivity index (χ4n) is 3.21. The van der Waals surface area contributed by atoms with E-state index in [1.807, 2.05) is 26.8 Å². The lowest BCUT2D eigenvalue weighted by Crippen LogP contribution is -2.36. The summed E-state index contributed by atoms with van der Waals surface area (Å²) < 4.78 is 5.55. The lowest BCUT2D eigenvalue weighted by atomic mass is 10.1. The highest BCUT2D eigenvalue weighted by atomic mass is 16.6. The highest BCUT2D eigenvalue weighted by molar-refractivity contribution is 5.91. The number of ether oxygens (including phenoxy) is 1. The van der Waals surface area contributed by atoms with Gasteiger partial charge in [0.15, 0.2) is 0 Å². The van der Waals surface area contributed by atoms with E-state index in [1.54, 1.807) is 4.90 Å². The smallest absolute Gasteiger partial charge is 0.414 e. The molecule has 0 atom stereocenters. The number of carbonyl (C=O) groups is 1. The predicted octanol–water partition coefficient (Wildman–Crippen LogP) is 2.85. The SMILES string of the molecule is CC(C)(C)OC(=O)N1CCc2cccc(CNCC3(CO)CC3)c21. The number of anilines is 1. The van der Waals surface area contributed by atoms with E-state index in [1.165, 1.54) is 5.56 Å². The Morgan fingerprint density at radius 1 is 1.38 bits per heavy atom. The molecule has 2 N–H and O–H groups in total. The summed E-state index contributed by atoms with van der Waals surface area (Å²) in [6.45, 7) is 8.10. The van der Waals surface area contributed by atoms with Crippen LogP contribution in [-0.2, 0) is 17.7 Å². The third-order valence-electron chi connectivity index (χ3n) is 4.80. The molecule has 1 aromatic carbocycles. The van der Waals surface area contributed by atoms with E-state index in [0.717, 1.165) is 37.1 Å². The second-order valence-corrected chi connectivity index (χ2v) is 8.07. The topological polar surface area (TPSA) is 61.8 Å². The molecule has 0 spiro atoms. The number of rotatable bonds is 5. The average molecular weight is 332 g/mol. The van der Waals surface area contributed by atoms with E-state index in [4.69, 9.17) is 4.74 Å². The van der Waals surface area contributed by atoms with Crippen LogP contribution in [0.15, 0.2) is 18.2 Å². The number of nitrogens with one attached hydrogen (secondary N) is 1. The van der Waals surface area contributed by atoms with Crippen LogP contribution in [0.3, 0.4) is 0 Å². The molecule has 24 heavy (non-hydrogen) atoms. The van der Waals surface area contributed by atoms with Crippen LogP contribution in [0, 0.1) is 5.41 Å². The Labute approximate surface area is 144 Å². The van der Waals surface area contributed by atoms with Gasteiger partial charge in [0.1, 0.15) is 5.60 Å². The van der Waals surface area contributed by atoms with Gasteiger partial charge in [0, 0.05) is 31.7 Å². The Balaban J connectivity index is 1.71. The Morgan fingerprint density at radius 2 is 2.12 bits per heavy atom. The summed E-state index contributed by atoms with van der Waals surface area (Å²) in [5.41, 5.74) is 2.90. The lowest BCUT2D eigenvalue weighted by Gasteiger charge is -2.26. The minimum absolute atomic E-state index is 0.0861. The van der Waals surface area contributed by atoms with Gasteiger partial charge < -0.3 is 15.2 Å². The van der Waals surface area contributed by atoms with E-state index in [-0.39, 0.29) is 18.1 Å². The molecule has 1 aromatic rings. The van der Waals surface area contributed by atoms with E-state index in [0.29, 0.717) is 13.1 Å². The molecule has 0 saturated heterocycles. The standard InChI is InChI=1S/C19H28N2O3/c1-18(2,3)24-17(23)21-10-7-14-5-4-6-15(16(14)21)11-20-12-19(13-22)8-9-19/h4-6,20,22H,7-13H2,1-3H3. The molecule has 1 fully saturated rings. The molecule has 3 rings (SSSR count). The average Bonchev–Trinajstić information content (AvgIpc) is 3.15. The van der Waals surface area contributed by atoms with Crippen molar-refractivity contribution in [3.8, 4) is 0 Å². The number of fused-ring (bicyclic) bond motifs is 1. The van der Waals surface area contributed by atoms with Gasteiger partial charge in [-0.3, -0.25) is 4.90 Å². The summed E-state index contributed by atoms with van der Waals surface area (Å²) in [7, 11) is 0. The third kappa shape index (κ3) is 3.73. The quantitative estimate of drug-likeness (QED) is 0.870. The van der Waals surface area contributed by atoms with Crippen LogP contribution in [0.1, 0.15) is 44.7 Å². The predicted molar refractivity (Wildman–Crippen MR) is 94.2 cm³/mol. The van der Waals surface area contributed by atoms with Crippen LogP contribution >= 0.6 is 0 Å². The maximum Gasteiger partial charge on any atom is 0.414 e. The summed E-state index contributed by atoms with van der Waals surface area (Å²) >= 11 is 0. The van der Waals surface area contributed by atoms with Gasteiger partial charge in [0.05, 0.1) is 5.69 Å². The lowest BCUT2D eigenvalue weighted by molar-refractivity contribution is 0.0583. The molecule has 0 unspecified atom stereocenters. The van der Waals surface area contributed by atoms with E-state index in [9.17, 15) is 9.90 Å². The number of benzene rings is 1. The molecule has 5 nitrogen and oxygen atoms in total. The van der Waals surface area contributed by atoms with Crippen LogP contribution in [0.2, 0.25) is 0 Å². The molecule has 1 aliphatic carbocycles. The van der Waals surface area contributed by atoms with Gasteiger partial charge in [-0.2, -0.15) is 0 Å². The minimum Gasteiger partial charge on any atom is -0.443 e. The number of aliphatic hydroxyl groups excluding tert-OH is 1. The Hall–Kier alpha value is -1.59. The summed E-state index contributed by atoms with van der Waals surface area (Å²) in [6, 6.07) is 6.19. The van der Waals surface area contributed by atoms with Crippen molar-refractivity contribution in [1.82, 2.24) is 5.32 Å². The Kier molecular flexibility index (Phi) is 4.58. The molecule has 1 amide bonds. The molecule has 0 bridgehead atoms. The van der Waals surface area contributed by atoms with E-state index < -0.39 is 5.60 Å². The summed E-state index contributed by atoms with van der Waals surface area (Å²) in [6.07, 6.45) is 2.77. The van der Waals surface area contributed by atoms with E-state index in [2.05, 4.69) is 17.4 Å². The maximum absolute atomic E-state index is 12.5. The van der Waals surface area contributed by atoms with Crippen molar-refractivity contribution in [3.63, 3.8) is 0 Å². The molecular formula is C19H28N2O3. The number of nitrogens with zero attached hydrogens (tertiary/aromatic N) is 1. The molecule has 1 aliphatic heterocycles. The van der Waals surface area contributed by atoms with Gasteiger partial charge in [0.2, 0.25) is 0 Å².